The number of hydrogen-bond donors (Lipinski definition) is 1. The van der Waals surface area contributed by atoms with Gasteiger partial charge in [-0.3, -0.25) is 19.5 Å². The van der Waals surface area contributed by atoms with E-state index >= 15 is 0 Å². The second kappa shape index (κ2) is 9.68. The van der Waals surface area contributed by atoms with E-state index < -0.39 is 0 Å². The van der Waals surface area contributed by atoms with Crippen molar-refractivity contribution in [2.24, 2.45) is 0 Å². The predicted octanol–water partition coefficient (Wildman–Crippen LogP) is 3.21. The minimum Gasteiger partial charge on any atom is -0.377 e. The number of hydrogen-bond acceptors (Lipinski definition) is 6. The van der Waals surface area contributed by atoms with Crippen LogP contribution in [0.4, 0.5) is 5.00 Å². The highest BCUT2D eigenvalue weighted by atomic mass is 32.1. The first kappa shape index (κ1) is 21.6. The molecule has 170 valence electrons. The standard InChI is InChI=1S/C24H30N4O3S/c29-22(17-5-3-9-25-15-17)26-23-21(19-7-1-2-8-20(19)32-23)24(30)28-12-10-27(11-13-28)16-18-6-4-14-31-18/h3,5,9,15,18H,1-2,4,6-8,10-14,16H2,(H,26,29). The van der Waals surface area contributed by atoms with Crippen molar-refractivity contribution in [2.75, 3.05) is 44.6 Å². The van der Waals surface area contributed by atoms with Crippen molar-refractivity contribution in [1.82, 2.24) is 14.8 Å². The van der Waals surface area contributed by atoms with E-state index in [1.54, 1.807) is 35.9 Å². The Morgan fingerprint density at radius 1 is 1.16 bits per heavy atom. The first-order chi connectivity index (χ1) is 15.7. The zero-order valence-corrected chi connectivity index (χ0v) is 19.2. The molecule has 2 aromatic heterocycles. The maximum atomic E-state index is 13.6. The molecule has 1 aliphatic carbocycles. The maximum absolute atomic E-state index is 13.6. The molecule has 7 nitrogen and oxygen atoms in total. The van der Waals surface area contributed by atoms with Crippen LogP contribution in [0.1, 0.15) is 56.8 Å². The lowest BCUT2D eigenvalue weighted by Gasteiger charge is -2.36. The number of fused-ring (bicyclic) bond motifs is 1. The van der Waals surface area contributed by atoms with E-state index in [1.807, 2.05) is 4.90 Å². The molecule has 0 radical (unpaired) electrons. The Hall–Kier alpha value is -2.29. The van der Waals surface area contributed by atoms with Gasteiger partial charge in [0.1, 0.15) is 5.00 Å². The van der Waals surface area contributed by atoms with E-state index in [2.05, 4.69) is 15.2 Å². The van der Waals surface area contributed by atoms with Gasteiger partial charge in [-0.05, 0) is 56.2 Å². The molecule has 1 atom stereocenters. The van der Waals surface area contributed by atoms with Gasteiger partial charge in [-0.15, -0.1) is 11.3 Å². The van der Waals surface area contributed by atoms with Crippen LogP contribution in [-0.4, -0.2) is 72.0 Å². The first-order valence-electron chi connectivity index (χ1n) is 11.7. The highest BCUT2D eigenvalue weighted by Crippen LogP contribution is 2.39. The number of ether oxygens (including phenoxy) is 1. The Morgan fingerprint density at radius 2 is 2.00 bits per heavy atom. The molecule has 0 spiro atoms. The summed E-state index contributed by atoms with van der Waals surface area (Å²) in [4.78, 5) is 36.1. The van der Waals surface area contributed by atoms with E-state index in [0.29, 0.717) is 29.8 Å². The summed E-state index contributed by atoms with van der Waals surface area (Å²) in [5.41, 5.74) is 2.36. The van der Waals surface area contributed by atoms with Crippen molar-refractivity contribution in [2.45, 2.75) is 44.6 Å². The SMILES string of the molecule is O=C(Nc1sc2c(c1C(=O)N1CCN(CC3CCCO3)CC1)CCCC2)c1cccnc1. The Morgan fingerprint density at radius 3 is 2.75 bits per heavy atom. The second-order valence-corrected chi connectivity index (χ2v) is 9.94. The van der Waals surface area contributed by atoms with Crippen molar-refractivity contribution < 1.29 is 14.3 Å². The highest BCUT2D eigenvalue weighted by Gasteiger charge is 2.31. The Balaban J connectivity index is 1.31. The number of aryl methyl sites for hydroxylation is 1. The molecule has 3 aliphatic rings. The largest absolute Gasteiger partial charge is 0.377 e. The third-order valence-electron chi connectivity index (χ3n) is 6.68. The summed E-state index contributed by atoms with van der Waals surface area (Å²) in [7, 11) is 0. The number of amides is 2. The molecule has 2 aliphatic heterocycles. The summed E-state index contributed by atoms with van der Waals surface area (Å²) < 4.78 is 5.77. The summed E-state index contributed by atoms with van der Waals surface area (Å²) in [5.74, 6) is -0.158. The number of rotatable bonds is 5. The van der Waals surface area contributed by atoms with Gasteiger partial charge in [-0.1, -0.05) is 0 Å². The van der Waals surface area contributed by atoms with Crippen molar-refractivity contribution in [3.63, 3.8) is 0 Å². The van der Waals surface area contributed by atoms with Crippen LogP contribution in [0.25, 0.3) is 0 Å². The molecule has 1 unspecified atom stereocenters. The van der Waals surface area contributed by atoms with Crippen LogP contribution < -0.4 is 5.32 Å². The number of aromatic nitrogens is 1. The normalized spacial score (nSPS) is 21.4. The van der Waals surface area contributed by atoms with Gasteiger partial charge < -0.3 is 15.0 Å². The molecule has 4 heterocycles. The lowest BCUT2D eigenvalue weighted by molar-refractivity contribution is 0.0433. The maximum Gasteiger partial charge on any atom is 0.257 e. The number of carbonyl (C=O) groups excluding carboxylic acids is 2. The van der Waals surface area contributed by atoms with E-state index in [-0.39, 0.29) is 11.8 Å². The fourth-order valence-corrected chi connectivity index (χ4v) is 6.20. The fourth-order valence-electron chi connectivity index (χ4n) is 4.92. The molecule has 5 rings (SSSR count). The van der Waals surface area contributed by atoms with Gasteiger partial charge in [0.15, 0.2) is 0 Å². The number of pyridine rings is 1. The van der Waals surface area contributed by atoms with Crippen molar-refractivity contribution >= 4 is 28.2 Å². The molecule has 2 saturated heterocycles. The van der Waals surface area contributed by atoms with E-state index in [1.165, 1.54) is 4.88 Å². The van der Waals surface area contributed by atoms with Crippen molar-refractivity contribution in [1.29, 1.82) is 0 Å². The molecule has 0 bridgehead atoms. The predicted molar refractivity (Wildman–Crippen MR) is 124 cm³/mol. The number of nitrogens with zero attached hydrogens (tertiary/aromatic N) is 3. The molecule has 8 heteroatoms. The van der Waals surface area contributed by atoms with Crippen molar-refractivity contribution in [3.8, 4) is 0 Å². The number of anilines is 1. The third kappa shape index (κ3) is 4.58. The summed E-state index contributed by atoms with van der Waals surface area (Å²) in [5, 5.41) is 3.72. The van der Waals surface area contributed by atoms with Gasteiger partial charge in [-0.2, -0.15) is 0 Å². The zero-order chi connectivity index (χ0) is 21.9. The van der Waals surface area contributed by atoms with Gasteiger partial charge in [0, 0.05) is 56.6 Å². The number of carbonyl (C=O) groups is 2. The zero-order valence-electron chi connectivity index (χ0n) is 18.3. The van der Waals surface area contributed by atoms with Gasteiger partial charge in [0.05, 0.1) is 17.2 Å². The fraction of sp³-hybridized carbons (Fsp3) is 0.542. The monoisotopic (exact) mass is 454 g/mol. The van der Waals surface area contributed by atoms with Crippen LogP contribution in [0.3, 0.4) is 0 Å². The number of piperazine rings is 1. The quantitative estimate of drug-likeness (QED) is 0.751. The lowest BCUT2D eigenvalue weighted by atomic mass is 9.95. The minimum absolute atomic E-state index is 0.0580. The van der Waals surface area contributed by atoms with Crippen LogP contribution in [0.15, 0.2) is 24.5 Å². The lowest BCUT2D eigenvalue weighted by Crippen LogP contribution is -2.50. The summed E-state index contributed by atoms with van der Waals surface area (Å²) in [6.45, 7) is 5.01. The molecular formula is C24H30N4O3S. The molecule has 1 N–H and O–H groups in total. The van der Waals surface area contributed by atoms with Gasteiger partial charge in [-0.25, -0.2) is 0 Å². The van der Waals surface area contributed by atoms with E-state index in [0.717, 1.165) is 75.9 Å². The summed E-state index contributed by atoms with van der Waals surface area (Å²) >= 11 is 1.57. The molecule has 2 fully saturated rings. The highest BCUT2D eigenvalue weighted by molar-refractivity contribution is 7.17. The van der Waals surface area contributed by atoms with Gasteiger partial charge in [0.2, 0.25) is 0 Å². The summed E-state index contributed by atoms with van der Waals surface area (Å²) in [6, 6.07) is 3.49. The van der Waals surface area contributed by atoms with Crippen LogP contribution >= 0.6 is 11.3 Å². The molecule has 2 aromatic rings. The average molecular weight is 455 g/mol. The Kier molecular flexibility index (Phi) is 6.52. The van der Waals surface area contributed by atoms with Gasteiger partial charge in [0.25, 0.3) is 11.8 Å². The molecule has 2 amide bonds. The molecule has 0 saturated carbocycles. The topological polar surface area (TPSA) is 74.8 Å². The first-order valence-corrected chi connectivity index (χ1v) is 12.5. The number of nitrogens with one attached hydrogen (secondary N) is 1. The van der Waals surface area contributed by atoms with Gasteiger partial charge >= 0.3 is 0 Å². The average Bonchev–Trinajstić information content (AvgIpc) is 3.47. The molecule has 0 aromatic carbocycles. The summed E-state index contributed by atoms with van der Waals surface area (Å²) in [6.07, 6.45) is 9.96. The smallest absolute Gasteiger partial charge is 0.257 e. The van der Waals surface area contributed by atoms with Crippen LogP contribution in [-0.2, 0) is 17.6 Å². The molecule has 32 heavy (non-hydrogen) atoms. The molecular weight excluding hydrogens is 424 g/mol. The van der Waals surface area contributed by atoms with Crippen LogP contribution in [0.5, 0.6) is 0 Å². The Bertz CT molecular complexity index is 963. The van der Waals surface area contributed by atoms with Crippen LogP contribution in [0, 0.1) is 0 Å². The third-order valence-corrected chi connectivity index (χ3v) is 7.89. The Labute approximate surface area is 192 Å². The van der Waals surface area contributed by atoms with Crippen molar-refractivity contribution in [3.05, 3.63) is 46.1 Å². The second-order valence-electron chi connectivity index (χ2n) is 8.84. The minimum atomic E-state index is -0.216. The van der Waals surface area contributed by atoms with E-state index in [9.17, 15) is 9.59 Å². The van der Waals surface area contributed by atoms with E-state index in [4.69, 9.17) is 4.74 Å². The number of thiophene rings is 1. The van der Waals surface area contributed by atoms with Crippen LogP contribution in [0.2, 0.25) is 0 Å².